The van der Waals surface area contributed by atoms with Crippen LogP contribution in [-0.4, -0.2) is 0 Å². The van der Waals surface area contributed by atoms with Crippen LogP contribution in [0.25, 0.3) is 98.8 Å². The highest BCUT2D eigenvalue weighted by Crippen LogP contribution is 2.45. The highest BCUT2D eigenvalue weighted by molar-refractivity contribution is 6.22. The monoisotopic (exact) mass is 627 g/mol. The normalized spacial score (nSPS) is 13.1. The van der Waals surface area contributed by atoms with E-state index in [9.17, 15) is 4.11 Å². The number of fused-ring (bicyclic) bond motifs is 6. The minimum absolute atomic E-state index is 0.00703. The largest absolute Gasteiger partial charge is 0.456 e. The molecule has 0 unspecified atom stereocenters. The maximum Gasteiger partial charge on any atom is 0.136 e. The maximum atomic E-state index is 9.42. The molecule has 0 aliphatic rings. The first-order valence-corrected chi connectivity index (χ1v) is 16.4. The second-order valence-electron chi connectivity index (χ2n) is 12.4. The van der Waals surface area contributed by atoms with E-state index < -0.39 is 0 Å². The highest BCUT2D eigenvalue weighted by Gasteiger charge is 2.18. The van der Waals surface area contributed by atoms with Gasteiger partial charge in [-0.3, -0.25) is 0 Å². The molecular formula is C48H30O. The van der Waals surface area contributed by atoms with Crippen LogP contribution in [0.3, 0.4) is 0 Å². The van der Waals surface area contributed by atoms with Crippen molar-refractivity contribution in [2.45, 2.75) is 0 Å². The fourth-order valence-corrected chi connectivity index (χ4v) is 7.40. The lowest BCUT2D eigenvalue weighted by Gasteiger charge is -2.19. The lowest BCUT2D eigenvalue weighted by Crippen LogP contribution is -1.91. The quantitative estimate of drug-likeness (QED) is 0.177. The third-order valence-electron chi connectivity index (χ3n) is 9.59. The van der Waals surface area contributed by atoms with Crippen LogP contribution >= 0.6 is 0 Å². The van der Waals surface area contributed by atoms with E-state index >= 15 is 0 Å². The first-order chi connectivity index (χ1) is 26.4. The first kappa shape index (κ1) is 23.0. The van der Waals surface area contributed by atoms with Gasteiger partial charge in [0, 0.05) is 10.8 Å². The van der Waals surface area contributed by atoms with Gasteiger partial charge in [0.1, 0.15) is 11.2 Å². The minimum Gasteiger partial charge on any atom is -0.456 e. The predicted octanol–water partition coefficient (Wildman–Crippen LogP) is 13.7. The van der Waals surface area contributed by atoms with Crippen LogP contribution < -0.4 is 0 Å². The van der Waals surface area contributed by atoms with E-state index in [1.165, 1.54) is 0 Å². The minimum atomic E-state index is -0.277. The summed E-state index contributed by atoms with van der Waals surface area (Å²) in [6, 6.07) is 50.7. The van der Waals surface area contributed by atoms with Crippen LogP contribution in [-0.2, 0) is 0 Å². The molecule has 1 heterocycles. The smallest absolute Gasteiger partial charge is 0.136 e. The Labute approximate surface area is 291 Å². The van der Waals surface area contributed by atoms with Crippen LogP contribution in [0, 0.1) is 0 Å². The van der Waals surface area contributed by atoms with E-state index in [1.54, 1.807) is 6.07 Å². The Balaban J connectivity index is 1.24. The molecule has 1 heteroatoms. The Hall–Kier alpha value is -6.44. The molecule has 1 nitrogen and oxygen atoms in total. The van der Waals surface area contributed by atoms with Crippen LogP contribution in [0.4, 0.5) is 0 Å². The van der Waals surface area contributed by atoms with Gasteiger partial charge >= 0.3 is 0 Å². The summed E-state index contributed by atoms with van der Waals surface area (Å²) in [7, 11) is 0. The molecular weight excluding hydrogens is 593 g/mol. The van der Waals surface area contributed by atoms with Crippen molar-refractivity contribution in [2.75, 3.05) is 0 Å². The first-order valence-electron chi connectivity index (χ1n) is 18.9. The van der Waals surface area contributed by atoms with Crippen LogP contribution in [0.1, 0.15) is 6.85 Å². The van der Waals surface area contributed by atoms with Gasteiger partial charge in [-0.2, -0.15) is 0 Å². The summed E-state index contributed by atoms with van der Waals surface area (Å²) in [6.45, 7) is 0. The van der Waals surface area contributed by atoms with Crippen molar-refractivity contribution in [1.82, 2.24) is 0 Å². The van der Waals surface area contributed by atoms with Crippen LogP contribution in [0.15, 0.2) is 186 Å². The molecule has 0 saturated carbocycles. The standard InChI is InChI=1S/C48H30O/c1-2-13-31(14-3-1)32-15-10-18-35(27-32)47-39-21-4-6-23-41(39)48(42-24-7-5-22-40(42)47)36-19-11-16-33(28-36)37-25-12-17-34-29-44-38-20-8-9-26-45(38)49-46(44)30-43(34)37/h1-30H/i12D,17D,25D,29D,30D. The number of para-hydroxylation sites is 1. The van der Waals surface area contributed by atoms with Gasteiger partial charge in [0.15, 0.2) is 0 Å². The van der Waals surface area contributed by atoms with Gasteiger partial charge in [-0.05, 0) is 107 Å². The molecule has 0 aliphatic heterocycles. The maximum absolute atomic E-state index is 9.42. The molecule has 0 saturated heterocycles. The molecule has 0 aliphatic carbocycles. The average Bonchev–Trinajstić information content (AvgIpc) is 3.62. The summed E-state index contributed by atoms with van der Waals surface area (Å²) in [5.41, 5.74) is 8.30. The number of hydrogen-bond donors (Lipinski definition) is 0. The fourth-order valence-electron chi connectivity index (χ4n) is 7.40. The van der Waals surface area contributed by atoms with E-state index in [0.29, 0.717) is 27.5 Å². The molecule has 0 atom stereocenters. The topological polar surface area (TPSA) is 13.1 Å². The van der Waals surface area contributed by atoms with Crippen molar-refractivity contribution in [2.24, 2.45) is 0 Å². The van der Waals surface area contributed by atoms with E-state index in [0.717, 1.165) is 54.9 Å². The average molecular weight is 628 g/mol. The second-order valence-corrected chi connectivity index (χ2v) is 12.4. The molecule has 49 heavy (non-hydrogen) atoms. The number of hydrogen-bond acceptors (Lipinski definition) is 1. The van der Waals surface area contributed by atoms with E-state index in [4.69, 9.17) is 7.16 Å². The molecule has 0 fully saturated rings. The number of benzene rings is 9. The van der Waals surface area contributed by atoms with Crippen molar-refractivity contribution < 1.29 is 11.3 Å². The molecule has 228 valence electrons. The molecule has 0 N–H and O–H groups in total. The van der Waals surface area contributed by atoms with E-state index in [2.05, 4.69) is 103 Å². The Morgan fingerprint density at radius 3 is 1.57 bits per heavy atom. The molecule has 0 bridgehead atoms. The van der Waals surface area contributed by atoms with Gasteiger partial charge in [0.2, 0.25) is 0 Å². The van der Waals surface area contributed by atoms with Crippen molar-refractivity contribution in [1.29, 1.82) is 0 Å². The number of furan rings is 1. The summed E-state index contributed by atoms with van der Waals surface area (Å²) in [5, 5.41) is 5.96. The Morgan fingerprint density at radius 2 is 0.898 bits per heavy atom. The summed E-state index contributed by atoms with van der Waals surface area (Å²) < 4.78 is 51.9. The van der Waals surface area contributed by atoms with Gasteiger partial charge < -0.3 is 4.42 Å². The molecule has 10 rings (SSSR count). The SMILES string of the molecule is [2H]c1c([2H])c(-c2cccc(-c3c4ccccc4c(-c4cccc(-c5ccccc5)c4)c4ccccc34)c2)c2c([2H])c3oc4ccccc4c3c([2H])c2c1[2H]. The van der Waals surface area contributed by atoms with E-state index in [-0.39, 0.29) is 46.6 Å². The van der Waals surface area contributed by atoms with Crippen molar-refractivity contribution in [3.05, 3.63) is 182 Å². The molecule has 0 spiro atoms. The number of rotatable bonds is 4. The highest BCUT2D eigenvalue weighted by atomic mass is 16.3. The van der Waals surface area contributed by atoms with Crippen LogP contribution in [0.5, 0.6) is 0 Å². The van der Waals surface area contributed by atoms with Gasteiger partial charge in [0.25, 0.3) is 0 Å². The zero-order valence-corrected chi connectivity index (χ0v) is 26.3. The molecule has 10 aromatic rings. The predicted molar refractivity (Wildman–Crippen MR) is 208 cm³/mol. The third kappa shape index (κ3) is 4.47. The molecule has 9 aromatic carbocycles. The van der Waals surface area contributed by atoms with Crippen molar-refractivity contribution in [3.63, 3.8) is 0 Å². The van der Waals surface area contributed by atoms with E-state index in [1.807, 2.05) is 42.5 Å². The van der Waals surface area contributed by atoms with Gasteiger partial charge in [-0.1, -0.05) is 152 Å². The lowest BCUT2D eigenvalue weighted by atomic mass is 9.85. The van der Waals surface area contributed by atoms with Gasteiger partial charge in [0.05, 0.1) is 6.85 Å². The summed E-state index contributed by atoms with van der Waals surface area (Å²) in [6.07, 6.45) is 0. The summed E-state index contributed by atoms with van der Waals surface area (Å²) in [4.78, 5) is 0. The van der Waals surface area contributed by atoms with Gasteiger partial charge in [-0.15, -0.1) is 0 Å². The molecule has 0 radical (unpaired) electrons. The molecule has 1 aromatic heterocycles. The zero-order chi connectivity index (χ0) is 36.7. The molecule has 0 amide bonds. The second kappa shape index (κ2) is 11.1. The summed E-state index contributed by atoms with van der Waals surface area (Å²) >= 11 is 0. The fraction of sp³-hybridized carbons (Fsp3) is 0. The van der Waals surface area contributed by atoms with Crippen LogP contribution in [0.2, 0.25) is 0 Å². The Morgan fingerprint density at radius 1 is 0.367 bits per heavy atom. The van der Waals surface area contributed by atoms with Gasteiger partial charge in [-0.25, -0.2) is 0 Å². The zero-order valence-electron chi connectivity index (χ0n) is 31.3. The Bertz CT molecular complexity index is 3110. The lowest BCUT2D eigenvalue weighted by molar-refractivity contribution is 0.669. The summed E-state index contributed by atoms with van der Waals surface area (Å²) in [5.74, 6) is 0. The third-order valence-corrected chi connectivity index (χ3v) is 9.59. The van der Waals surface area contributed by atoms with Crippen molar-refractivity contribution in [3.8, 4) is 44.5 Å². The van der Waals surface area contributed by atoms with Crippen molar-refractivity contribution >= 4 is 54.3 Å². The Kier molecular flexibility index (Phi) is 5.20.